The molecule has 1 amide bonds. The molecule has 0 saturated carbocycles. The van der Waals surface area contributed by atoms with Crippen LogP contribution in [0, 0.1) is 6.92 Å². The van der Waals surface area contributed by atoms with E-state index in [4.69, 9.17) is 9.72 Å². The average molecular weight is 410 g/mol. The largest absolute Gasteiger partial charge is 0.492 e. The topological polar surface area (TPSA) is 54.5 Å². The third kappa shape index (κ3) is 5.34. The van der Waals surface area contributed by atoms with Crippen LogP contribution in [-0.4, -0.2) is 48.6 Å². The van der Waals surface area contributed by atoms with Crippen LogP contribution in [0.2, 0.25) is 0 Å². The molecule has 1 aliphatic rings. The van der Waals surface area contributed by atoms with Crippen molar-refractivity contribution >= 4 is 27.5 Å². The van der Waals surface area contributed by atoms with Crippen LogP contribution in [0.1, 0.15) is 29.3 Å². The molecule has 6 heteroatoms. The maximum Gasteiger partial charge on any atom is 0.234 e. The quantitative estimate of drug-likeness (QED) is 0.600. The molecule has 1 saturated heterocycles. The summed E-state index contributed by atoms with van der Waals surface area (Å²) in [5, 5.41) is 4.17. The lowest BCUT2D eigenvalue weighted by Gasteiger charge is -2.31. The first-order valence-corrected chi connectivity index (χ1v) is 11.0. The SMILES string of the molecule is Cc1cccc(OCCNC(=O)CN2CCC[C@H](c3nc4ccccc4s3)C2)c1. The number of carbonyl (C=O) groups excluding carboxylic acids is 1. The molecule has 4 rings (SSSR count). The summed E-state index contributed by atoms with van der Waals surface area (Å²) in [5.74, 6) is 1.32. The van der Waals surface area contributed by atoms with E-state index in [1.165, 1.54) is 15.3 Å². The molecular formula is C23H27N3O2S. The lowest BCUT2D eigenvalue weighted by atomic mass is 9.99. The van der Waals surface area contributed by atoms with Gasteiger partial charge in [-0.2, -0.15) is 0 Å². The van der Waals surface area contributed by atoms with Crippen molar-refractivity contribution in [2.75, 3.05) is 32.8 Å². The van der Waals surface area contributed by atoms with Gasteiger partial charge in [-0.15, -0.1) is 11.3 Å². The summed E-state index contributed by atoms with van der Waals surface area (Å²) in [6, 6.07) is 16.2. The van der Waals surface area contributed by atoms with Gasteiger partial charge in [0, 0.05) is 12.5 Å². The molecule has 2 aromatic carbocycles. The summed E-state index contributed by atoms with van der Waals surface area (Å²) in [5.41, 5.74) is 2.25. The van der Waals surface area contributed by atoms with E-state index in [0.29, 0.717) is 25.6 Å². The second-order valence-corrected chi connectivity index (χ2v) is 8.67. The maximum absolute atomic E-state index is 12.3. The van der Waals surface area contributed by atoms with Crippen LogP contribution in [0.25, 0.3) is 10.2 Å². The Morgan fingerprint density at radius 3 is 3.03 bits per heavy atom. The van der Waals surface area contributed by atoms with Gasteiger partial charge < -0.3 is 10.1 Å². The molecule has 1 aromatic heterocycles. The maximum atomic E-state index is 12.3. The van der Waals surface area contributed by atoms with Gasteiger partial charge in [-0.3, -0.25) is 9.69 Å². The molecular weight excluding hydrogens is 382 g/mol. The van der Waals surface area contributed by atoms with Crippen LogP contribution < -0.4 is 10.1 Å². The zero-order valence-corrected chi connectivity index (χ0v) is 17.6. The van der Waals surface area contributed by atoms with E-state index in [-0.39, 0.29) is 5.91 Å². The molecule has 1 N–H and O–H groups in total. The highest BCUT2D eigenvalue weighted by Gasteiger charge is 2.25. The van der Waals surface area contributed by atoms with E-state index in [9.17, 15) is 4.79 Å². The molecule has 0 spiro atoms. The van der Waals surface area contributed by atoms with Crippen molar-refractivity contribution in [1.82, 2.24) is 15.2 Å². The Hall–Kier alpha value is -2.44. The van der Waals surface area contributed by atoms with Gasteiger partial charge in [0.1, 0.15) is 12.4 Å². The second kappa shape index (κ2) is 9.37. The van der Waals surface area contributed by atoms with Crippen LogP contribution in [0.4, 0.5) is 0 Å². The number of carbonyl (C=O) groups is 1. The Morgan fingerprint density at radius 2 is 2.17 bits per heavy atom. The number of hydrogen-bond donors (Lipinski definition) is 1. The fraction of sp³-hybridized carbons (Fsp3) is 0.391. The fourth-order valence-corrected chi connectivity index (χ4v) is 4.88. The number of aromatic nitrogens is 1. The summed E-state index contributed by atoms with van der Waals surface area (Å²) in [6.45, 7) is 5.33. The van der Waals surface area contributed by atoms with Crippen molar-refractivity contribution in [2.45, 2.75) is 25.7 Å². The standard InChI is InChI=1S/C23H27N3O2S/c1-17-6-4-8-19(14-17)28-13-11-24-22(27)16-26-12-5-7-18(15-26)23-25-20-9-2-3-10-21(20)29-23/h2-4,6,8-10,14,18H,5,7,11-13,15-16H2,1H3,(H,24,27)/t18-/m0/s1. The van der Waals surface area contributed by atoms with Gasteiger partial charge in [-0.05, 0) is 56.1 Å². The number of aryl methyl sites for hydroxylation is 1. The van der Waals surface area contributed by atoms with E-state index in [0.717, 1.165) is 37.2 Å². The summed E-state index contributed by atoms with van der Waals surface area (Å²) >= 11 is 1.79. The minimum Gasteiger partial charge on any atom is -0.492 e. The molecule has 0 bridgehead atoms. The van der Waals surface area contributed by atoms with Crippen molar-refractivity contribution in [3.8, 4) is 5.75 Å². The monoisotopic (exact) mass is 409 g/mol. The highest BCUT2D eigenvalue weighted by molar-refractivity contribution is 7.18. The van der Waals surface area contributed by atoms with Gasteiger partial charge >= 0.3 is 0 Å². The smallest absolute Gasteiger partial charge is 0.234 e. The van der Waals surface area contributed by atoms with Crippen molar-refractivity contribution < 1.29 is 9.53 Å². The van der Waals surface area contributed by atoms with Gasteiger partial charge in [0.15, 0.2) is 0 Å². The predicted octanol–water partition coefficient (Wildman–Crippen LogP) is 3.98. The number of amides is 1. The van der Waals surface area contributed by atoms with Crippen LogP contribution in [0.5, 0.6) is 5.75 Å². The Kier molecular flexibility index (Phi) is 6.42. The number of ether oxygens (including phenoxy) is 1. The van der Waals surface area contributed by atoms with Crippen molar-refractivity contribution in [3.63, 3.8) is 0 Å². The lowest BCUT2D eigenvalue weighted by molar-refractivity contribution is -0.122. The zero-order chi connectivity index (χ0) is 20.1. The Labute approximate surface area is 175 Å². The fourth-order valence-electron chi connectivity index (χ4n) is 3.79. The van der Waals surface area contributed by atoms with E-state index in [1.807, 2.05) is 37.3 Å². The van der Waals surface area contributed by atoms with Gasteiger partial charge in [0.25, 0.3) is 0 Å². The Balaban J connectivity index is 1.23. The summed E-state index contributed by atoms with van der Waals surface area (Å²) in [7, 11) is 0. The van der Waals surface area contributed by atoms with Gasteiger partial charge in [-0.1, -0.05) is 24.3 Å². The van der Waals surface area contributed by atoms with Crippen LogP contribution in [0.15, 0.2) is 48.5 Å². The first kappa shape index (κ1) is 19.9. The van der Waals surface area contributed by atoms with Crippen LogP contribution in [0.3, 0.4) is 0 Å². The number of para-hydroxylation sites is 1. The molecule has 152 valence electrons. The number of thiazole rings is 1. The number of benzene rings is 2. The van der Waals surface area contributed by atoms with Crippen molar-refractivity contribution in [2.24, 2.45) is 0 Å². The number of piperidine rings is 1. The van der Waals surface area contributed by atoms with Gasteiger partial charge in [-0.25, -0.2) is 4.98 Å². The number of fused-ring (bicyclic) bond motifs is 1. The third-order valence-electron chi connectivity index (χ3n) is 5.21. The molecule has 2 heterocycles. The number of likely N-dealkylation sites (tertiary alicyclic amines) is 1. The van der Waals surface area contributed by atoms with Crippen LogP contribution >= 0.6 is 11.3 Å². The highest BCUT2D eigenvalue weighted by atomic mass is 32.1. The van der Waals surface area contributed by atoms with Crippen molar-refractivity contribution in [3.05, 3.63) is 59.1 Å². The van der Waals surface area contributed by atoms with E-state index in [2.05, 4.69) is 28.4 Å². The molecule has 3 aromatic rings. The number of hydrogen-bond acceptors (Lipinski definition) is 5. The molecule has 0 radical (unpaired) electrons. The Bertz CT molecular complexity index is 938. The highest BCUT2D eigenvalue weighted by Crippen LogP contribution is 2.32. The van der Waals surface area contributed by atoms with E-state index >= 15 is 0 Å². The number of rotatable bonds is 7. The lowest BCUT2D eigenvalue weighted by Crippen LogP contribution is -2.42. The third-order valence-corrected chi connectivity index (χ3v) is 6.41. The minimum absolute atomic E-state index is 0.0581. The molecule has 1 aliphatic heterocycles. The average Bonchev–Trinajstić information content (AvgIpc) is 3.16. The van der Waals surface area contributed by atoms with E-state index in [1.54, 1.807) is 11.3 Å². The second-order valence-electron chi connectivity index (χ2n) is 7.61. The first-order chi connectivity index (χ1) is 14.2. The van der Waals surface area contributed by atoms with Crippen molar-refractivity contribution in [1.29, 1.82) is 0 Å². The molecule has 29 heavy (non-hydrogen) atoms. The summed E-state index contributed by atoms with van der Waals surface area (Å²) in [6.07, 6.45) is 2.24. The summed E-state index contributed by atoms with van der Waals surface area (Å²) in [4.78, 5) is 19.4. The molecule has 5 nitrogen and oxygen atoms in total. The first-order valence-electron chi connectivity index (χ1n) is 10.2. The van der Waals surface area contributed by atoms with Gasteiger partial charge in [0.2, 0.25) is 5.91 Å². The molecule has 1 atom stereocenters. The number of nitrogens with one attached hydrogen (secondary N) is 1. The normalized spacial score (nSPS) is 17.3. The molecule has 1 fully saturated rings. The molecule has 0 aliphatic carbocycles. The predicted molar refractivity (Wildman–Crippen MR) is 118 cm³/mol. The van der Waals surface area contributed by atoms with Gasteiger partial charge in [0.05, 0.1) is 28.3 Å². The summed E-state index contributed by atoms with van der Waals surface area (Å²) < 4.78 is 6.94. The minimum atomic E-state index is 0.0581. The zero-order valence-electron chi connectivity index (χ0n) is 16.8. The molecule has 0 unspecified atom stereocenters. The van der Waals surface area contributed by atoms with E-state index < -0.39 is 0 Å². The van der Waals surface area contributed by atoms with Crippen LogP contribution in [-0.2, 0) is 4.79 Å². The Morgan fingerprint density at radius 1 is 1.28 bits per heavy atom. The number of nitrogens with zero attached hydrogens (tertiary/aromatic N) is 2.